The molecule has 2 aromatic rings. The summed E-state index contributed by atoms with van der Waals surface area (Å²) in [6.45, 7) is 0. The first-order valence-electron chi connectivity index (χ1n) is 6.21. The zero-order valence-corrected chi connectivity index (χ0v) is 10.3. The van der Waals surface area contributed by atoms with Gasteiger partial charge in [-0.2, -0.15) is 5.26 Å². The fourth-order valence-corrected chi connectivity index (χ4v) is 2.40. The highest BCUT2D eigenvalue weighted by molar-refractivity contribution is 5.22. The third-order valence-electron chi connectivity index (χ3n) is 3.52. The summed E-state index contributed by atoms with van der Waals surface area (Å²) in [6, 6.07) is 5.61. The normalized spacial score (nSPS) is 25.6. The first-order valence-corrected chi connectivity index (χ1v) is 6.21. The van der Waals surface area contributed by atoms with Crippen LogP contribution in [0, 0.1) is 11.3 Å². The average Bonchev–Trinajstić information content (AvgIpc) is 2.84. The molecule has 1 fully saturated rings. The van der Waals surface area contributed by atoms with Crippen LogP contribution >= 0.6 is 0 Å². The van der Waals surface area contributed by atoms with E-state index < -0.39 is 5.67 Å². The van der Waals surface area contributed by atoms with E-state index in [0.717, 1.165) is 23.5 Å². The highest BCUT2D eigenvalue weighted by atomic mass is 19.1. The maximum absolute atomic E-state index is 13.5. The minimum atomic E-state index is -1.65. The van der Waals surface area contributed by atoms with E-state index in [2.05, 4.69) is 15.0 Å². The first kappa shape index (κ1) is 11.8. The Hall–Kier alpha value is -2.22. The predicted octanol–water partition coefficient (Wildman–Crippen LogP) is 2.50. The Bertz CT molecular complexity index is 608. The number of alkyl halides is 1. The van der Waals surface area contributed by atoms with Gasteiger partial charge in [0.05, 0.1) is 0 Å². The molecule has 0 radical (unpaired) electrons. The van der Waals surface area contributed by atoms with E-state index in [0.29, 0.717) is 0 Å². The summed E-state index contributed by atoms with van der Waals surface area (Å²) in [5, 5.41) is 8.65. The first-order chi connectivity index (χ1) is 9.18. The quantitative estimate of drug-likeness (QED) is 0.917. The van der Waals surface area contributed by atoms with Gasteiger partial charge in [-0.3, -0.25) is 4.98 Å². The van der Waals surface area contributed by atoms with Gasteiger partial charge in [0, 0.05) is 49.5 Å². The molecule has 0 aromatic carbocycles. The van der Waals surface area contributed by atoms with Crippen LogP contribution in [0.1, 0.15) is 35.8 Å². The third kappa shape index (κ3) is 2.34. The summed E-state index contributed by atoms with van der Waals surface area (Å²) in [6.07, 6.45) is 6.52. The molecule has 2 aromatic heterocycles. The summed E-state index contributed by atoms with van der Waals surface area (Å²) in [4.78, 5) is 11.5. The molecule has 0 saturated heterocycles. The van der Waals surface area contributed by atoms with Crippen LogP contribution in [0.3, 0.4) is 0 Å². The molecular weight excluding hydrogens is 243 g/mol. The molecule has 4 nitrogen and oxygen atoms in total. The zero-order valence-electron chi connectivity index (χ0n) is 10.3. The van der Waals surface area contributed by atoms with Gasteiger partial charge in [0.25, 0.3) is 0 Å². The molecule has 0 atom stereocenters. The van der Waals surface area contributed by atoms with Gasteiger partial charge < -0.3 is 4.98 Å². The molecule has 1 N–H and O–H groups in total. The van der Waals surface area contributed by atoms with E-state index in [9.17, 15) is 4.39 Å². The van der Waals surface area contributed by atoms with Crippen LogP contribution in [0.5, 0.6) is 0 Å². The molecular formula is C14H13FN4. The molecule has 1 aliphatic rings. The molecule has 0 bridgehead atoms. The molecule has 0 amide bonds. The number of nitriles is 1. The maximum Gasteiger partial charge on any atom is 0.197 e. The van der Waals surface area contributed by atoms with E-state index in [1.54, 1.807) is 24.7 Å². The lowest BCUT2D eigenvalue weighted by molar-refractivity contribution is 0.0977. The number of hydrogen-bond acceptors (Lipinski definition) is 3. The van der Waals surface area contributed by atoms with Crippen LogP contribution in [0.2, 0.25) is 0 Å². The van der Waals surface area contributed by atoms with Crippen molar-refractivity contribution in [2.75, 3.05) is 0 Å². The Kier molecular flexibility index (Phi) is 2.79. The van der Waals surface area contributed by atoms with E-state index in [1.165, 1.54) is 0 Å². The minimum absolute atomic E-state index is 0.0378. The van der Waals surface area contributed by atoms with Crippen LogP contribution < -0.4 is 0 Å². The third-order valence-corrected chi connectivity index (χ3v) is 3.52. The van der Waals surface area contributed by atoms with Crippen LogP contribution in [0.15, 0.2) is 30.7 Å². The van der Waals surface area contributed by atoms with Gasteiger partial charge in [-0.25, -0.2) is 9.37 Å². The van der Waals surface area contributed by atoms with Gasteiger partial charge in [-0.1, -0.05) is 0 Å². The van der Waals surface area contributed by atoms with Gasteiger partial charge in [-0.05, 0) is 17.7 Å². The number of imidazole rings is 1. The molecule has 0 spiro atoms. The Labute approximate surface area is 110 Å². The highest BCUT2D eigenvalue weighted by Crippen LogP contribution is 2.45. The minimum Gasteiger partial charge on any atom is -0.345 e. The fourth-order valence-electron chi connectivity index (χ4n) is 2.40. The van der Waals surface area contributed by atoms with Gasteiger partial charge in [0.1, 0.15) is 11.9 Å². The zero-order chi connectivity index (χ0) is 13.3. The molecule has 1 aliphatic carbocycles. The molecule has 3 rings (SSSR count). The van der Waals surface area contributed by atoms with Crippen molar-refractivity contribution in [3.05, 3.63) is 47.8 Å². The van der Waals surface area contributed by atoms with E-state index in [1.807, 2.05) is 12.1 Å². The lowest BCUT2D eigenvalue weighted by Crippen LogP contribution is -2.37. The van der Waals surface area contributed by atoms with Gasteiger partial charge in [-0.15, -0.1) is 0 Å². The number of pyridine rings is 1. The van der Waals surface area contributed by atoms with Crippen molar-refractivity contribution in [2.45, 2.75) is 30.8 Å². The molecule has 0 aliphatic heterocycles. The number of H-pyrrole nitrogens is 1. The Morgan fingerprint density at radius 3 is 2.84 bits per heavy atom. The van der Waals surface area contributed by atoms with Gasteiger partial charge in [0.15, 0.2) is 5.67 Å². The van der Waals surface area contributed by atoms with Crippen molar-refractivity contribution in [1.29, 1.82) is 5.26 Å². The van der Waals surface area contributed by atoms with Crippen molar-refractivity contribution in [2.24, 2.45) is 0 Å². The van der Waals surface area contributed by atoms with Crippen molar-refractivity contribution in [3.63, 3.8) is 0 Å². The number of aromatic nitrogens is 3. The largest absolute Gasteiger partial charge is 0.345 e. The highest BCUT2D eigenvalue weighted by Gasteiger charge is 2.47. The Morgan fingerprint density at radius 1 is 1.42 bits per heavy atom. The number of rotatable bonds is 3. The number of hydrogen-bond donors (Lipinski definition) is 1. The maximum atomic E-state index is 13.5. The summed E-state index contributed by atoms with van der Waals surface area (Å²) in [5.41, 5.74) is 0.494. The second-order valence-electron chi connectivity index (χ2n) is 5.01. The van der Waals surface area contributed by atoms with E-state index in [4.69, 9.17) is 5.26 Å². The summed E-state index contributed by atoms with van der Waals surface area (Å²) < 4.78 is 13.5. The van der Waals surface area contributed by atoms with Crippen LogP contribution in [-0.4, -0.2) is 20.6 Å². The molecule has 0 unspecified atom stereocenters. The van der Waals surface area contributed by atoms with Crippen molar-refractivity contribution >= 4 is 0 Å². The van der Waals surface area contributed by atoms with Crippen LogP contribution in [0.25, 0.3) is 0 Å². The monoisotopic (exact) mass is 256 g/mol. The lowest BCUT2D eigenvalue weighted by Gasteiger charge is -2.34. The van der Waals surface area contributed by atoms with Crippen molar-refractivity contribution in [3.8, 4) is 6.07 Å². The second-order valence-corrected chi connectivity index (χ2v) is 5.01. The molecule has 1 saturated carbocycles. The predicted molar refractivity (Wildman–Crippen MR) is 67.1 cm³/mol. The number of halogens is 1. The van der Waals surface area contributed by atoms with E-state index >= 15 is 0 Å². The van der Waals surface area contributed by atoms with Crippen molar-refractivity contribution < 1.29 is 4.39 Å². The summed E-state index contributed by atoms with van der Waals surface area (Å²) in [7, 11) is 0. The molecule has 5 heteroatoms. The standard InChI is InChI=1S/C14H13FN4/c15-14(9-16)6-11(7-14)13-18-8-12(19-13)5-10-1-3-17-4-2-10/h1-4,8,11H,5-7H2,(H,18,19). The smallest absolute Gasteiger partial charge is 0.197 e. The number of aromatic amines is 1. The number of nitrogens with zero attached hydrogens (tertiary/aromatic N) is 3. The second kappa shape index (κ2) is 4.47. The fraction of sp³-hybridized carbons (Fsp3) is 0.357. The molecule has 96 valence electrons. The number of nitrogens with one attached hydrogen (secondary N) is 1. The van der Waals surface area contributed by atoms with Gasteiger partial charge >= 0.3 is 0 Å². The average molecular weight is 256 g/mol. The summed E-state index contributed by atoms with van der Waals surface area (Å²) >= 11 is 0. The summed E-state index contributed by atoms with van der Waals surface area (Å²) in [5.74, 6) is 0.823. The van der Waals surface area contributed by atoms with Crippen LogP contribution in [-0.2, 0) is 6.42 Å². The van der Waals surface area contributed by atoms with Gasteiger partial charge in [0.2, 0.25) is 0 Å². The topological polar surface area (TPSA) is 65.4 Å². The Morgan fingerprint density at radius 2 is 2.16 bits per heavy atom. The lowest BCUT2D eigenvalue weighted by atomic mass is 9.73. The van der Waals surface area contributed by atoms with Crippen molar-refractivity contribution in [1.82, 2.24) is 15.0 Å². The van der Waals surface area contributed by atoms with E-state index in [-0.39, 0.29) is 18.8 Å². The molecule has 19 heavy (non-hydrogen) atoms. The Balaban J connectivity index is 1.67. The van der Waals surface area contributed by atoms with Crippen LogP contribution in [0.4, 0.5) is 4.39 Å². The molecule has 2 heterocycles. The SMILES string of the molecule is N#CC1(F)CC(c2ncc(Cc3ccncc3)[nH]2)C1.